The number of benzene rings is 1. The summed E-state index contributed by atoms with van der Waals surface area (Å²) in [6.07, 6.45) is 18.7. The molecule has 0 saturated carbocycles. The molecule has 0 bridgehead atoms. The summed E-state index contributed by atoms with van der Waals surface area (Å²) < 4.78 is 11.6. The normalized spacial score (nSPS) is 19.8. The molecule has 2 nitrogen and oxygen atoms in total. The standard InChI is InChI=1S/C25H42O2/c1-3-4-5-13-18-24-25(27-24)19-14-8-6-7-10-15-22(2)20-21-26-23-16-11-9-12-17-23/h9,11-12,16-17,22,24-25H,3-8,10,13-15,18-21H2,1-2H3. The molecule has 1 aliphatic rings. The van der Waals surface area contributed by atoms with Gasteiger partial charge in [-0.1, -0.05) is 96.3 Å². The van der Waals surface area contributed by atoms with Gasteiger partial charge in [0.2, 0.25) is 0 Å². The van der Waals surface area contributed by atoms with E-state index < -0.39 is 0 Å². The summed E-state index contributed by atoms with van der Waals surface area (Å²) in [6.45, 7) is 5.48. The fourth-order valence-electron chi connectivity index (χ4n) is 3.87. The highest BCUT2D eigenvalue weighted by Crippen LogP contribution is 2.31. The lowest BCUT2D eigenvalue weighted by atomic mass is 9.99. The predicted octanol–water partition coefficient (Wildman–Crippen LogP) is 7.56. The Hall–Kier alpha value is -1.02. The average molecular weight is 375 g/mol. The SMILES string of the molecule is CCCCCCC1OC1CCCCCCCC(C)CCOc1ccccc1. The highest BCUT2D eigenvalue weighted by Gasteiger charge is 2.36. The van der Waals surface area contributed by atoms with E-state index in [1.165, 1.54) is 77.0 Å². The van der Waals surface area contributed by atoms with E-state index in [-0.39, 0.29) is 0 Å². The Bertz CT molecular complexity index is 459. The van der Waals surface area contributed by atoms with Crippen LogP contribution in [0.15, 0.2) is 30.3 Å². The van der Waals surface area contributed by atoms with Crippen molar-refractivity contribution < 1.29 is 9.47 Å². The van der Waals surface area contributed by atoms with Gasteiger partial charge in [-0.2, -0.15) is 0 Å². The van der Waals surface area contributed by atoms with Crippen LogP contribution in [0.3, 0.4) is 0 Å². The number of rotatable bonds is 17. The number of hydrogen-bond acceptors (Lipinski definition) is 2. The van der Waals surface area contributed by atoms with E-state index in [9.17, 15) is 0 Å². The van der Waals surface area contributed by atoms with Gasteiger partial charge in [-0.05, 0) is 37.3 Å². The summed E-state index contributed by atoms with van der Waals surface area (Å²) in [5, 5.41) is 0. The van der Waals surface area contributed by atoms with Crippen molar-refractivity contribution in [3.8, 4) is 5.75 Å². The summed E-state index contributed by atoms with van der Waals surface area (Å²) in [5.74, 6) is 1.76. The maximum Gasteiger partial charge on any atom is 0.119 e. The topological polar surface area (TPSA) is 21.8 Å². The van der Waals surface area contributed by atoms with Crippen LogP contribution in [-0.2, 0) is 4.74 Å². The van der Waals surface area contributed by atoms with Gasteiger partial charge in [-0.15, -0.1) is 0 Å². The molecule has 0 radical (unpaired) electrons. The molecule has 27 heavy (non-hydrogen) atoms. The van der Waals surface area contributed by atoms with Crippen molar-refractivity contribution in [2.24, 2.45) is 5.92 Å². The molecule has 0 aromatic heterocycles. The monoisotopic (exact) mass is 374 g/mol. The van der Waals surface area contributed by atoms with Gasteiger partial charge in [0, 0.05) is 0 Å². The van der Waals surface area contributed by atoms with Crippen LogP contribution in [-0.4, -0.2) is 18.8 Å². The Balaban J connectivity index is 1.33. The molecule has 0 amide bonds. The lowest BCUT2D eigenvalue weighted by Crippen LogP contribution is -2.04. The van der Waals surface area contributed by atoms with Crippen molar-refractivity contribution >= 4 is 0 Å². The molecule has 2 heteroatoms. The smallest absolute Gasteiger partial charge is 0.119 e. The molecule has 1 saturated heterocycles. The van der Waals surface area contributed by atoms with E-state index in [2.05, 4.69) is 13.8 Å². The molecule has 0 N–H and O–H groups in total. The van der Waals surface area contributed by atoms with Crippen molar-refractivity contribution in [2.75, 3.05) is 6.61 Å². The summed E-state index contributed by atoms with van der Waals surface area (Å²) >= 11 is 0. The van der Waals surface area contributed by atoms with Gasteiger partial charge in [0.05, 0.1) is 18.8 Å². The van der Waals surface area contributed by atoms with Gasteiger partial charge in [-0.3, -0.25) is 0 Å². The predicted molar refractivity (Wildman–Crippen MR) is 115 cm³/mol. The number of ether oxygens (including phenoxy) is 2. The minimum absolute atomic E-state index is 0.608. The number of para-hydroxylation sites is 1. The van der Waals surface area contributed by atoms with Crippen LogP contribution in [0.2, 0.25) is 0 Å². The molecule has 0 spiro atoms. The first-order valence-electron chi connectivity index (χ1n) is 11.6. The van der Waals surface area contributed by atoms with E-state index in [1.807, 2.05) is 30.3 Å². The minimum Gasteiger partial charge on any atom is -0.494 e. The molecular weight excluding hydrogens is 332 g/mol. The maximum absolute atomic E-state index is 5.81. The molecule has 1 heterocycles. The van der Waals surface area contributed by atoms with Crippen molar-refractivity contribution in [3.05, 3.63) is 30.3 Å². The van der Waals surface area contributed by atoms with Crippen molar-refractivity contribution in [1.29, 1.82) is 0 Å². The third kappa shape index (κ3) is 10.8. The minimum atomic E-state index is 0.608. The summed E-state index contributed by atoms with van der Waals surface area (Å²) in [4.78, 5) is 0. The first-order chi connectivity index (χ1) is 13.3. The van der Waals surface area contributed by atoms with Gasteiger partial charge < -0.3 is 9.47 Å². The van der Waals surface area contributed by atoms with Crippen LogP contribution in [0.5, 0.6) is 5.75 Å². The van der Waals surface area contributed by atoms with Crippen molar-refractivity contribution in [1.82, 2.24) is 0 Å². The number of hydrogen-bond donors (Lipinski definition) is 0. The fraction of sp³-hybridized carbons (Fsp3) is 0.760. The fourth-order valence-corrected chi connectivity index (χ4v) is 3.87. The Labute approximate surface area is 168 Å². The molecule has 0 aliphatic carbocycles. The van der Waals surface area contributed by atoms with Gasteiger partial charge in [0.15, 0.2) is 0 Å². The zero-order valence-corrected chi connectivity index (χ0v) is 17.8. The molecule has 3 unspecified atom stereocenters. The second-order valence-corrected chi connectivity index (χ2v) is 8.46. The van der Waals surface area contributed by atoms with Crippen LogP contribution < -0.4 is 4.74 Å². The summed E-state index contributed by atoms with van der Waals surface area (Å²) in [5.41, 5.74) is 0. The second-order valence-electron chi connectivity index (χ2n) is 8.46. The average Bonchev–Trinajstić information content (AvgIpc) is 3.43. The first kappa shape index (κ1) is 22.3. The number of unbranched alkanes of at least 4 members (excludes halogenated alkanes) is 7. The second kappa shape index (κ2) is 14.0. The number of epoxide rings is 1. The molecular formula is C25H42O2. The Morgan fingerprint density at radius 3 is 2.15 bits per heavy atom. The van der Waals surface area contributed by atoms with Crippen molar-refractivity contribution in [2.45, 2.75) is 110 Å². The van der Waals surface area contributed by atoms with Gasteiger partial charge in [-0.25, -0.2) is 0 Å². The van der Waals surface area contributed by atoms with E-state index in [4.69, 9.17) is 9.47 Å². The Morgan fingerprint density at radius 2 is 1.44 bits per heavy atom. The maximum atomic E-state index is 5.81. The molecule has 2 rings (SSSR count). The van der Waals surface area contributed by atoms with Crippen LogP contribution in [0, 0.1) is 5.92 Å². The molecule has 1 aromatic rings. The third-order valence-electron chi connectivity index (χ3n) is 5.84. The first-order valence-corrected chi connectivity index (χ1v) is 11.6. The van der Waals surface area contributed by atoms with Gasteiger partial charge >= 0.3 is 0 Å². The molecule has 1 aliphatic heterocycles. The van der Waals surface area contributed by atoms with Gasteiger partial charge in [0.25, 0.3) is 0 Å². The lowest BCUT2D eigenvalue weighted by Gasteiger charge is -2.12. The highest BCUT2D eigenvalue weighted by molar-refractivity contribution is 5.20. The molecule has 3 atom stereocenters. The van der Waals surface area contributed by atoms with Gasteiger partial charge in [0.1, 0.15) is 5.75 Å². The molecule has 1 fully saturated rings. The summed E-state index contributed by atoms with van der Waals surface area (Å²) in [6, 6.07) is 10.2. The van der Waals surface area contributed by atoms with E-state index >= 15 is 0 Å². The Morgan fingerprint density at radius 1 is 0.815 bits per heavy atom. The van der Waals surface area contributed by atoms with Crippen LogP contribution in [0.1, 0.15) is 97.3 Å². The zero-order chi connectivity index (χ0) is 19.2. The third-order valence-corrected chi connectivity index (χ3v) is 5.84. The van der Waals surface area contributed by atoms with Crippen LogP contribution in [0.25, 0.3) is 0 Å². The largest absolute Gasteiger partial charge is 0.494 e. The van der Waals surface area contributed by atoms with Crippen molar-refractivity contribution in [3.63, 3.8) is 0 Å². The van der Waals surface area contributed by atoms with E-state index in [0.717, 1.165) is 24.7 Å². The zero-order valence-electron chi connectivity index (χ0n) is 17.8. The molecule has 1 aromatic carbocycles. The summed E-state index contributed by atoms with van der Waals surface area (Å²) in [7, 11) is 0. The Kier molecular flexibility index (Phi) is 11.6. The quantitative estimate of drug-likeness (QED) is 0.207. The van der Waals surface area contributed by atoms with Crippen LogP contribution in [0.4, 0.5) is 0 Å². The van der Waals surface area contributed by atoms with E-state index in [0.29, 0.717) is 12.2 Å². The highest BCUT2D eigenvalue weighted by atomic mass is 16.6. The van der Waals surface area contributed by atoms with Crippen LogP contribution >= 0.6 is 0 Å². The lowest BCUT2D eigenvalue weighted by molar-refractivity contribution is 0.276. The molecule has 154 valence electrons. The van der Waals surface area contributed by atoms with E-state index in [1.54, 1.807) is 0 Å².